The minimum atomic E-state index is -0.597. The van der Waals surface area contributed by atoms with E-state index in [9.17, 15) is 14.4 Å². The predicted octanol–water partition coefficient (Wildman–Crippen LogP) is 1.86. The number of hydrogen-bond donors (Lipinski definition) is 2. The van der Waals surface area contributed by atoms with Gasteiger partial charge < -0.3 is 15.5 Å². The van der Waals surface area contributed by atoms with E-state index in [0.29, 0.717) is 37.7 Å². The van der Waals surface area contributed by atoms with Crippen LogP contribution in [-0.2, 0) is 35.6 Å². The van der Waals surface area contributed by atoms with Gasteiger partial charge in [0, 0.05) is 43.3 Å². The number of para-hydroxylation sites is 1. The monoisotopic (exact) mass is 418 g/mol. The maximum Gasteiger partial charge on any atom is 0.255 e. The van der Waals surface area contributed by atoms with Gasteiger partial charge in [-0.3, -0.25) is 19.7 Å². The molecule has 3 heterocycles. The zero-order chi connectivity index (χ0) is 21.7. The quantitative estimate of drug-likeness (QED) is 0.739. The van der Waals surface area contributed by atoms with Crippen LogP contribution in [0.5, 0.6) is 0 Å². The van der Waals surface area contributed by atoms with Crippen LogP contribution in [0.1, 0.15) is 52.4 Å². The Labute approximate surface area is 181 Å². The summed E-state index contributed by atoms with van der Waals surface area (Å²) < 4.78 is 0. The highest BCUT2D eigenvalue weighted by molar-refractivity contribution is 6.06. The summed E-state index contributed by atoms with van der Waals surface area (Å²) in [6.07, 6.45) is 1.58. The van der Waals surface area contributed by atoms with Crippen LogP contribution >= 0.6 is 0 Å². The lowest BCUT2D eigenvalue weighted by molar-refractivity contribution is -0.136. The number of fused-ring (bicyclic) bond motifs is 2. The summed E-state index contributed by atoms with van der Waals surface area (Å²) in [5, 5.41) is 2.36. The topological polar surface area (TPSA) is 95.7 Å². The number of rotatable bonds is 4. The number of imide groups is 1. The predicted molar refractivity (Wildman–Crippen MR) is 116 cm³/mol. The van der Waals surface area contributed by atoms with Gasteiger partial charge in [0.2, 0.25) is 11.8 Å². The first-order valence-electron chi connectivity index (χ1n) is 10.8. The SMILES string of the molecule is CC1Cc2cccc(CN)c2N1Cc1cccc2c1C(=O)N(C1CCC(=O)NC1=O)C2. The van der Waals surface area contributed by atoms with Crippen molar-refractivity contribution in [1.82, 2.24) is 10.2 Å². The van der Waals surface area contributed by atoms with Crippen molar-refractivity contribution in [3.8, 4) is 0 Å². The van der Waals surface area contributed by atoms with Crippen molar-refractivity contribution in [1.29, 1.82) is 0 Å². The summed E-state index contributed by atoms with van der Waals surface area (Å²) in [4.78, 5) is 41.2. The third-order valence-electron chi connectivity index (χ3n) is 6.74. The van der Waals surface area contributed by atoms with Crippen molar-refractivity contribution in [3.05, 3.63) is 64.2 Å². The van der Waals surface area contributed by atoms with E-state index in [0.717, 1.165) is 23.1 Å². The Morgan fingerprint density at radius 1 is 1.06 bits per heavy atom. The van der Waals surface area contributed by atoms with Crippen molar-refractivity contribution in [2.75, 3.05) is 4.90 Å². The van der Waals surface area contributed by atoms with E-state index in [2.05, 4.69) is 35.3 Å². The molecule has 3 N–H and O–H groups in total. The van der Waals surface area contributed by atoms with Crippen molar-refractivity contribution in [3.63, 3.8) is 0 Å². The number of nitrogens with one attached hydrogen (secondary N) is 1. The first-order chi connectivity index (χ1) is 15.0. The molecular weight excluding hydrogens is 392 g/mol. The van der Waals surface area contributed by atoms with Gasteiger partial charge in [-0.25, -0.2) is 0 Å². The highest BCUT2D eigenvalue weighted by Crippen LogP contribution is 2.38. The number of benzene rings is 2. The minimum absolute atomic E-state index is 0.126. The Morgan fingerprint density at radius 2 is 1.81 bits per heavy atom. The number of carbonyl (C=O) groups excluding carboxylic acids is 3. The number of piperidine rings is 1. The molecule has 3 amide bonds. The van der Waals surface area contributed by atoms with Crippen LogP contribution in [0.25, 0.3) is 0 Å². The standard InChI is InChI=1S/C24H26N4O3/c1-14-10-15-4-2-5-16(11-25)22(15)27(14)12-17-6-3-7-18-13-28(24(31)21(17)18)19-8-9-20(29)26-23(19)30/h2-7,14,19H,8-13,25H2,1H3,(H,26,29,30). The fourth-order valence-electron chi connectivity index (χ4n) is 5.23. The third-order valence-corrected chi connectivity index (χ3v) is 6.74. The van der Waals surface area contributed by atoms with Gasteiger partial charge in [-0.15, -0.1) is 0 Å². The molecule has 0 bridgehead atoms. The molecule has 0 aromatic heterocycles. The van der Waals surface area contributed by atoms with Gasteiger partial charge in [0.1, 0.15) is 6.04 Å². The van der Waals surface area contributed by atoms with Crippen LogP contribution in [0.2, 0.25) is 0 Å². The van der Waals surface area contributed by atoms with Gasteiger partial charge in [0.05, 0.1) is 0 Å². The molecule has 0 saturated carbocycles. The molecular formula is C24H26N4O3. The average molecular weight is 418 g/mol. The van der Waals surface area contributed by atoms with E-state index in [1.165, 1.54) is 11.3 Å². The minimum Gasteiger partial charge on any atom is -0.364 e. The van der Waals surface area contributed by atoms with E-state index in [1.54, 1.807) is 4.90 Å². The van der Waals surface area contributed by atoms with Crippen molar-refractivity contribution < 1.29 is 14.4 Å². The van der Waals surface area contributed by atoms with Crippen LogP contribution in [0.4, 0.5) is 5.69 Å². The highest BCUT2D eigenvalue weighted by atomic mass is 16.2. The lowest BCUT2D eigenvalue weighted by atomic mass is 10.0. The number of amides is 3. The molecule has 7 heteroatoms. The maximum absolute atomic E-state index is 13.4. The van der Waals surface area contributed by atoms with Gasteiger partial charge in [0.15, 0.2) is 0 Å². The summed E-state index contributed by atoms with van der Waals surface area (Å²) in [5.41, 5.74) is 12.2. The van der Waals surface area contributed by atoms with Gasteiger partial charge in [0.25, 0.3) is 5.91 Å². The molecule has 3 aliphatic heterocycles. The van der Waals surface area contributed by atoms with Crippen LogP contribution in [0, 0.1) is 0 Å². The molecule has 0 aliphatic carbocycles. The lowest BCUT2D eigenvalue weighted by Gasteiger charge is -2.29. The summed E-state index contributed by atoms with van der Waals surface area (Å²) in [6, 6.07) is 11.9. The molecule has 3 aliphatic rings. The molecule has 5 rings (SSSR count). The second-order valence-electron chi connectivity index (χ2n) is 8.66. The van der Waals surface area contributed by atoms with Crippen molar-refractivity contribution in [2.45, 2.75) is 57.9 Å². The van der Waals surface area contributed by atoms with Gasteiger partial charge in [-0.1, -0.05) is 36.4 Å². The Morgan fingerprint density at radius 3 is 2.55 bits per heavy atom. The third kappa shape index (κ3) is 3.20. The fraction of sp³-hybridized carbons (Fsp3) is 0.375. The molecule has 0 spiro atoms. The molecule has 1 saturated heterocycles. The lowest BCUT2D eigenvalue weighted by Crippen LogP contribution is -2.52. The Kier molecular flexibility index (Phi) is 4.78. The molecule has 2 unspecified atom stereocenters. The zero-order valence-electron chi connectivity index (χ0n) is 17.6. The van der Waals surface area contributed by atoms with Gasteiger partial charge in [-0.2, -0.15) is 0 Å². The number of hydrogen-bond acceptors (Lipinski definition) is 5. The van der Waals surface area contributed by atoms with Crippen molar-refractivity contribution >= 4 is 23.4 Å². The molecule has 0 radical (unpaired) electrons. The molecule has 2 atom stereocenters. The highest BCUT2D eigenvalue weighted by Gasteiger charge is 2.40. The Bertz CT molecular complexity index is 1100. The zero-order valence-corrected chi connectivity index (χ0v) is 17.6. The normalized spacial score (nSPS) is 22.6. The molecule has 7 nitrogen and oxygen atoms in total. The number of carbonyl (C=O) groups is 3. The molecule has 160 valence electrons. The molecule has 2 aromatic rings. The fourth-order valence-corrected chi connectivity index (χ4v) is 5.23. The van der Waals surface area contributed by atoms with Gasteiger partial charge >= 0.3 is 0 Å². The van der Waals surface area contributed by atoms with E-state index in [1.807, 2.05) is 18.2 Å². The first kappa shape index (κ1) is 19.8. The first-order valence-corrected chi connectivity index (χ1v) is 10.8. The number of nitrogens with two attached hydrogens (primary N) is 1. The van der Waals surface area contributed by atoms with E-state index < -0.39 is 6.04 Å². The van der Waals surface area contributed by atoms with Crippen LogP contribution in [0.15, 0.2) is 36.4 Å². The van der Waals surface area contributed by atoms with Crippen molar-refractivity contribution in [2.24, 2.45) is 5.73 Å². The summed E-state index contributed by atoms with van der Waals surface area (Å²) in [6.45, 7) is 3.68. The van der Waals surface area contributed by atoms with E-state index in [4.69, 9.17) is 5.73 Å². The average Bonchev–Trinajstić information content (AvgIpc) is 3.25. The van der Waals surface area contributed by atoms with E-state index in [-0.39, 0.29) is 24.1 Å². The number of anilines is 1. The summed E-state index contributed by atoms with van der Waals surface area (Å²) in [7, 11) is 0. The van der Waals surface area contributed by atoms with Gasteiger partial charge in [-0.05, 0) is 42.0 Å². The smallest absolute Gasteiger partial charge is 0.255 e. The Balaban J connectivity index is 1.46. The summed E-state index contributed by atoms with van der Waals surface area (Å²) >= 11 is 0. The summed E-state index contributed by atoms with van der Waals surface area (Å²) in [5.74, 6) is -0.781. The largest absolute Gasteiger partial charge is 0.364 e. The second-order valence-corrected chi connectivity index (χ2v) is 8.66. The molecule has 1 fully saturated rings. The Hall–Kier alpha value is -3.19. The van der Waals surface area contributed by atoms with E-state index >= 15 is 0 Å². The second kappa shape index (κ2) is 7.50. The van der Waals surface area contributed by atoms with Crippen LogP contribution in [-0.4, -0.2) is 34.7 Å². The molecule has 31 heavy (non-hydrogen) atoms. The molecule has 2 aromatic carbocycles. The number of nitrogens with zero attached hydrogens (tertiary/aromatic N) is 2. The van der Waals surface area contributed by atoms with Crippen LogP contribution < -0.4 is 16.0 Å². The van der Waals surface area contributed by atoms with Crippen LogP contribution in [0.3, 0.4) is 0 Å². The maximum atomic E-state index is 13.4.